The Morgan fingerprint density at radius 2 is 1.90 bits per heavy atom. The third kappa shape index (κ3) is 3.34. The van der Waals surface area contributed by atoms with Gasteiger partial charge in [-0.05, 0) is 42.3 Å². The molecule has 21 heavy (non-hydrogen) atoms. The predicted octanol–water partition coefficient (Wildman–Crippen LogP) is 2.59. The van der Waals surface area contributed by atoms with Crippen LogP contribution in [0.4, 0.5) is 10.1 Å². The van der Waals surface area contributed by atoms with Crippen molar-refractivity contribution in [2.45, 2.75) is 12.5 Å². The number of halogens is 1. The predicted molar refractivity (Wildman–Crippen MR) is 82.2 cm³/mol. The van der Waals surface area contributed by atoms with Crippen LogP contribution in [0, 0.1) is 5.82 Å². The Kier molecular flexibility index (Phi) is 4.06. The van der Waals surface area contributed by atoms with Crippen molar-refractivity contribution >= 4 is 5.69 Å². The third-order valence-corrected chi connectivity index (χ3v) is 3.71. The van der Waals surface area contributed by atoms with Crippen LogP contribution in [0.1, 0.15) is 5.56 Å². The first-order valence-electron chi connectivity index (χ1n) is 7.19. The lowest BCUT2D eigenvalue weighted by atomic mass is 9.98. The number of hydrogen-bond donors (Lipinski definition) is 1. The van der Waals surface area contributed by atoms with Crippen LogP contribution in [-0.4, -0.2) is 25.7 Å². The molecule has 0 spiro atoms. The molecule has 0 bridgehead atoms. The van der Waals surface area contributed by atoms with Gasteiger partial charge in [0.15, 0.2) is 0 Å². The summed E-state index contributed by atoms with van der Waals surface area (Å²) < 4.78 is 18.5. The van der Waals surface area contributed by atoms with Crippen LogP contribution in [0.3, 0.4) is 0 Å². The first-order valence-corrected chi connectivity index (χ1v) is 7.19. The average molecular weight is 286 g/mol. The maximum absolute atomic E-state index is 12.8. The van der Waals surface area contributed by atoms with Crippen molar-refractivity contribution in [3.63, 3.8) is 0 Å². The molecule has 0 amide bonds. The zero-order valence-electron chi connectivity index (χ0n) is 11.8. The molecule has 0 saturated carbocycles. The summed E-state index contributed by atoms with van der Waals surface area (Å²) in [6, 6.07) is 14.6. The van der Waals surface area contributed by atoms with Crippen molar-refractivity contribution in [2.75, 3.05) is 24.6 Å². The maximum Gasteiger partial charge on any atom is 0.123 e. The summed E-state index contributed by atoms with van der Waals surface area (Å²) in [4.78, 5) is 2.26. The molecular formula is C17H19FN2O. The number of ether oxygens (including phenoxy) is 1. The molecule has 0 fully saturated rings. The summed E-state index contributed by atoms with van der Waals surface area (Å²) in [5, 5.41) is 0. The van der Waals surface area contributed by atoms with Crippen LogP contribution < -0.4 is 15.4 Å². The zero-order valence-corrected chi connectivity index (χ0v) is 11.8. The van der Waals surface area contributed by atoms with Gasteiger partial charge in [-0.1, -0.05) is 18.2 Å². The number of rotatable bonds is 4. The number of anilines is 1. The van der Waals surface area contributed by atoms with E-state index in [2.05, 4.69) is 17.0 Å². The second-order valence-corrected chi connectivity index (χ2v) is 5.34. The van der Waals surface area contributed by atoms with Crippen molar-refractivity contribution in [1.29, 1.82) is 0 Å². The van der Waals surface area contributed by atoms with Gasteiger partial charge in [0.05, 0.1) is 6.54 Å². The quantitative estimate of drug-likeness (QED) is 0.939. The number of fused-ring (bicyclic) bond motifs is 1. The van der Waals surface area contributed by atoms with Crippen molar-refractivity contribution < 1.29 is 9.13 Å². The number of nitrogens with zero attached hydrogens (tertiary/aromatic N) is 1. The Hall–Kier alpha value is -2.07. The van der Waals surface area contributed by atoms with Crippen molar-refractivity contribution in [1.82, 2.24) is 0 Å². The van der Waals surface area contributed by atoms with Gasteiger partial charge in [-0.3, -0.25) is 0 Å². The van der Waals surface area contributed by atoms with Crippen LogP contribution in [-0.2, 0) is 6.42 Å². The highest BCUT2D eigenvalue weighted by Gasteiger charge is 2.21. The lowest BCUT2D eigenvalue weighted by molar-refractivity contribution is 0.321. The molecule has 1 aliphatic rings. The van der Waals surface area contributed by atoms with Crippen molar-refractivity contribution in [2.24, 2.45) is 5.73 Å². The van der Waals surface area contributed by atoms with E-state index < -0.39 is 0 Å². The summed E-state index contributed by atoms with van der Waals surface area (Å²) in [6.07, 6.45) is 0.922. The van der Waals surface area contributed by atoms with Gasteiger partial charge in [-0.25, -0.2) is 4.39 Å². The molecule has 0 saturated heterocycles. The average Bonchev–Trinajstić information content (AvgIpc) is 2.49. The third-order valence-electron chi connectivity index (χ3n) is 3.71. The van der Waals surface area contributed by atoms with E-state index in [1.54, 1.807) is 12.1 Å². The fraction of sp³-hybridized carbons (Fsp3) is 0.294. The summed E-state index contributed by atoms with van der Waals surface area (Å²) in [7, 11) is 0. The van der Waals surface area contributed by atoms with Gasteiger partial charge >= 0.3 is 0 Å². The van der Waals surface area contributed by atoms with Crippen molar-refractivity contribution in [3.8, 4) is 5.75 Å². The molecule has 1 atom stereocenters. The molecule has 1 aliphatic heterocycles. The summed E-state index contributed by atoms with van der Waals surface area (Å²) >= 11 is 0. The van der Waals surface area contributed by atoms with Crippen LogP contribution in [0.2, 0.25) is 0 Å². The zero-order chi connectivity index (χ0) is 14.7. The lowest BCUT2D eigenvalue weighted by Crippen LogP contribution is -2.44. The minimum absolute atomic E-state index is 0.158. The molecule has 1 heterocycles. The van der Waals surface area contributed by atoms with Crippen molar-refractivity contribution in [3.05, 3.63) is 59.9 Å². The molecule has 2 N–H and O–H groups in total. The van der Waals surface area contributed by atoms with Gasteiger partial charge in [0.2, 0.25) is 0 Å². The lowest BCUT2D eigenvalue weighted by Gasteiger charge is -2.34. The van der Waals surface area contributed by atoms with Gasteiger partial charge in [0, 0.05) is 18.3 Å². The summed E-state index contributed by atoms with van der Waals surface area (Å²) in [5.41, 5.74) is 8.64. The minimum Gasteiger partial charge on any atom is -0.492 e. The minimum atomic E-state index is -0.252. The van der Waals surface area contributed by atoms with Gasteiger partial charge in [-0.15, -0.1) is 0 Å². The highest BCUT2D eigenvalue weighted by atomic mass is 19.1. The molecule has 0 radical (unpaired) electrons. The summed E-state index contributed by atoms with van der Waals surface area (Å²) in [6.45, 7) is 2.15. The Balaban J connectivity index is 1.61. The van der Waals surface area contributed by atoms with Crippen LogP contribution in [0.15, 0.2) is 48.5 Å². The topological polar surface area (TPSA) is 38.5 Å². The largest absolute Gasteiger partial charge is 0.492 e. The molecule has 0 aliphatic carbocycles. The fourth-order valence-corrected chi connectivity index (χ4v) is 2.74. The molecule has 110 valence electrons. The first kappa shape index (κ1) is 13.9. The van der Waals surface area contributed by atoms with E-state index in [4.69, 9.17) is 10.5 Å². The molecule has 4 heteroatoms. The van der Waals surface area contributed by atoms with Gasteiger partial charge in [0.25, 0.3) is 0 Å². The smallest absolute Gasteiger partial charge is 0.123 e. The molecule has 3 nitrogen and oxygen atoms in total. The van der Waals surface area contributed by atoms with Crippen LogP contribution in [0.25, 0.3) is 0 Å². The Morgan fingerprint density at radius 1 is 1.14 bits per heavy atom. The molecule has 3 rings (SSSR count). The second kappa shape index (κ2) is 6.14. The van der Waals surface area contributed by atoms with Crippen LogP contribution >= 0.6 is 0 Å². The van der Waals surface area contributed by atoms with E-state index in [0.29, 0.717) is 12.4 Å². The number of para-hydroxylation sites is 1. The Morgan fingerprint density at radius 3 is 2.71 bits per heavy atom. The highest BCUT2D eigenvalue weighted by Crippen LogP contribution is 2.26. The summed E-state index contributed by atoms with van der Waals surface area (Å²) in [5.74, 6) is 0.435. The number of nitrogens with two attached hydrogens (primary N) is 1. The van der Waals surface area contributed by atoms with E-state index in [-0.39, 0.29) is 11.9 Å². The Bertz CT molecular complexity index is 600. The molecule has 2 aromatic rings. The van der Waals surface area contributed by atoms with Gasteiger partial charge < -0.3 is 15.4 Å². The maximum atomic E-state index is 12.8. The standard InChI is InChI=1S/C17H19FN2O/c18-14-5-7-16(8-6-14)21-10-9-20-12-15(19)11-13-3-1-2-4-17(13)20/h1-8,15H,9-12,19H2. The van der Waals surface area contributed by atoms with E-state index in [9.17, 15) is 4.39 Å². The normalized spacial score (nSPS) is 17.4. The monoisotopic (exact) mass is 286 g/mol. The van der Waals surface area contributed by atoms with E-state index >= 15 is 0 Å². The fourth-order valence-electron chi connectivity index (χ4n) is 2.74. The molecular weight excluding hydrogens is 267 g/mol. The molecule has 2 aromatic carbocycles. The van der Waals surface area contributed by atoms with Crippen LogP contribution in [0.5, 0.6) is 5.75 Å². The molecule has 1 unspecified atom stereocenters. The first-order chi connectivity index (χ1) is 10.2. The number of benzene rings is 2. The second-order valence-electron chi connectivity index (χ2n) is 5.34. The SMILES string of the molecule is NC1Cc2ccccc2N(CCOc2ccc(F)cc2)C1. The number of hydrogen-bond acceptors (Lipinski definition) is 3. The van der Waals surface area contributed by atoms with E-state index in [0.717, 1.165) is 19.5 Å². The van der Waals surface area contributed by atoms with Gasteiger partial charge in [0.1, 0.15) is 18.2 Å². The Labute approximate surface area is 124 Å². The highest BCUT2D eigenvalue weighted by molar-refractivity contribution is 5.56. The molecule has 0 aromatic heterocycles. The van der Waals surface area contributed by atoms with E-state index in [1.165, 1.54) is 23.4 Å². The van der Waals surface area contributed by atoms with Gasteiger partial charge in [-0.2, -0.15) is 0 Å². The van der Waals surface area contributed by atoms with E-state index in [1.807, 2.05) is 12.1 Å².